The van der Waals surface area contributed by atoms with Gasteiger partial charge >= 0.3 is 6.18 Å². The minimum atomic E-state index is -4.45. The van der Waals surface area contributed by atoms with Gasteiger partial charge in [0.2, 0.25) is 0 Å². The molecule has 1 aromatic carbocycles. The van der Waals surface area contributed by atoms with Gasteiger partial charge in [-0.1, -0.05) is 20.8 Å². The third-order valence-electron chi connectivity index (χ3n) is 3.16. The third kappa shape index (κ3) is 4.23. The normalized spacial score (nSPS) is 14.7. The molecule has 0 radical (unpaired) electrons. The second-order valence-electron chi connectivity index (χ2n) is 5.02. The predicted octanol–water partition coefficient (Wildman–Crippen LogP) is 3.77. The predicted molar refractivity (Wildman–Crippen MR) is 67.5 cm³/mol. The Morgan fingerprint density at radius 3 is 1.89 bits per heavy atom. The highest BCUT2D eigenvalue weighted by atomic mass is 32.2. The Balaban J connectivity index is 2.98. The largest absolute Gasteiger partial charge is 0.416 e. The molecule has 19 heavy (non-hydrogen) atoms. The lowest BCUT2D eigenvalue weighted by molar-refractivity contribution is -0.137. The van der Waals surface area contributed by atoms with E-state index >= 15 is 0 Å². The summed E-state index contributed by atoms with van der Waals surface area (Å²) >= 11 is 0. The summed E-state index contributed by atoms with van der Waals surface area (Å²) in [6.07, 6.45) is -4.45. The van der Waals surface area contributed by atoms with Crippen LogP contribution in [0.3, 0.4) is 0 Å². The van der Waals surface area contributed by atoms with Crippen molar-refractivity contribution in [1.82, 2.24) is 0 Å². The number of hydrogen-bond acceptors (Lipinski definition) is 2. The molecule has 1 rings (SSSR count). The summed E-state index contributed by atoms with van der Waals surface area (Å²) < 4.78 is 61.2. The molecule has 0 aliphatic heterocycles. The number of alkyl halides is 3. The lowest BCUT2D eigenvalue weighted by Crippen LogP contribution is -2.18. The van der Waals surface area contributed by atoms with Gasteiger partial charge in [0.25, 0.3) is 0 Å². The van der Waals surface area contributed by atoms with E-state index in [0.29, 0.717) is 0 Å². The highest BCUT2D eigenvalue weighted by molar-refractivity contribution is 7.91. The van der Waals surface area contributed by atoms with Crippen LogP contribution in [0, 0.1) is 11.8 Å². The fraction of sp³-hybridized carbons (Fsp3) is 0.538. The van der Waals surface area contributed by atoms with Crippen LogP contribution in [0.15, 0.2) is 29.2 Å². The molecule has 0 aromatic heterocycles. The number of rotatable bonds is 4. The van der Waals surface area contributed by atoms with Crippen molar-refractivity contribution in [2.45, 2.75) is 31.8 Å². The van der Waals surface area contributed by atoms with E-state index in [-0.39, 0.29) is 22.5 Å². The van der Waals surface area contributed by atoms with Crippen LogP contribution >= 0.6 is 0 Å². The van der Waals surface area contributed by atoms with E-state index in [1.54, 1.807) is 0 Å². The van der Waals surface area contributed by atoms with Crippen molar-refractivity contribution in [2.24, 2.45) is 11.8 Å². The van der Waals surface area contributed by atoms with Crippen molar-refractivity contribution < 1.29 is 21.6 Å². The molecule has 0 amide bonds. The summed E-state index contributed by atoms with van der Waals surface area (Å²) in [5.74, 6) is 0.0901. The number of halogens is 3. The first-order valence-corrected chi connectivity index (χ1v) is 7.59. The van der Waals surface area contributed by atoms with Gasteiger partial charge < -0.3 is 0 Å². The van der Waals surface area contributed by atoms with Gasteiger partial charge in [0, 0.05) is 0 Å². The molecule has 108 valence electrons. The van der Waals surface area contributed by atoms with E-state index < -0.39 is 21.6 Å². The molecule has 0 saturated heterocycles. The Bertz CT molecular complexity index is 516. The van der Waals surface area contributed by atoms with Crippen molar-refractivity contribution >= 4 is 9.84 Å². The summed E-state index contributed by atoms with van der Waals surface area (Å²) in [4.78, 5) is -0.0620. The van der Waals surface area contributed by atoms with Crippen LogP contribution < -0.4 is 0 Å². The second-order valence-corrected chi connectivity index (χ2v) is 7.06. The van der Waals surface area contributed by atoms with Gasteiger partial charge in [-0.15, -0.1) is 0 Å². The Morgan fingerprint density at radius 2 is 1.53 bits per heavy atom. The number of sulfone groups is 1. The van der Waals surface area contributed by atoms with E-state index in [1.165, 1.54) is 0 Å². The van der Waals surface area contributed by atoms with Gasteiger partial charge in [-0.3, -0.25) is 0 Å². The molecule has 1 atom stereocenters. The average molecular weight is 294 g/mol. The molecule has 0 saturated carbocycles. The number of benzene rings is 1. The van der Waals surface area contributed by atoms with E-state index in [1.807, 2.05) is 20.8 Å². The summed E-state index contributed by atoms with van der Waals surface area (Å²) in [6, 6.07) is 3.64. The lowest BCUT2D eigenvalue weighted by Gasteiger charge is -2.15. The quantitative estimate of drug-likeness (QED) is 0.847. The highest BCUT2D eigenvalue weighted by Crippen LogP contribution is 2.30. The molecule has 0 fully saturated rings. The number of hydrogen-bond donors (Lipinski definition) is 0. The molecule has 2 nitrogen and oxygen atoms in total. The SMILES string of the molecule is CC(C)[C@@H](C)CS(=O)(=O)c1ccc(C(F)(F)F)cc1. The molecule has 0 aliphatic rings. The van der Waals surface area contributed by atoms with Crippen LogP contribution in [0.2, 0.25) is 0 Å². The maximum absolute atomic E-state index is 12.4. The fourth-order valence-corrected chi connectivity index (χ4v) is 3.31. The molecule has 0 spiro atoms. The monoisotopic (exact) mass is 294 g/mol. The van der Waals surface area contributed by atoms with Crippen molar-refractivity contribution in [3.63, 3.8) is 0 Å². The van der Waals surface area contributed by atoms with Crippen LogP contribution in [0.5, 0.6) is 0 Å². The zero-order chi connectivity index (χ0) is 14.8. The molecule has 0 bridgehead atoms. The van der Waals surface area contributed by atoms with Crippen molar-refractivity contribution in [3.05, 3.63) is 29.8 Å². The van der Waals surface area contributed by atoms with E-state index in [4.69, 9.17) is 0 Å². The molecule has 0 unspecified atom stereocenters. The summed E-state index contributed by atoms with van der Waals surface area (Å²) in [5.41, 5.74) is -0.844. The lowest BCUT2D eigenvalue weighted by atomic mass is 10.0. The standard InChI is InChI=1S/C13H17F3O2S/c1-9(2)10(3)8-19(17,18)12-6-4-11(5-7-12)13(14,15)16/h4-7,9-10H,8H2,1-3H3/t10-/m0/s1. The average Bonchev–Trinajstić information content (AvgIpc) is 2.27. The van der Waals surface area contributed by atoms with Crippen molar-refractivity contribution in [1.29, 1.82) is 0 Å². The van der Waals surface area contributed by atoms with Crippen molar-refractivity contribution in [3.8, 4) is 0 Å². The second kappa shape index (κ2) is 5.53. The third-order valence-corrected chi connectivity index (χ3v) is 5.12. The van der Waals surface area contributed by atoms with Crippen LogP contribution in [-0.4, -0.2) is 14.2 Å². The van der Waals surface area contributed by atoms with Crippen LogP contribution in [0.4, 0.5) is 13.2 Å². The van der Waals surface area contributed by atoms with Gasteiger partial charge in [0.15, 0.2) is 9.84 Å². The van der Waals surface area contributed by atoms with Gasteiger partial charge in [0.1, 0.15) is 0 Å². The molecular weight excluding hydrogens is 277 g/mol. The molecule has 0 heterocycles. The van der Waals surface area contributed by atoms with E-state index in [2.05, 4.69) is 0 Å². The summed E-state index contributed by atoms with van der Waals surface area (Å²) in [5, 5.41) is 0. The van der Waals surface area contributed by atoms with Gasteiger partial charge in [-0.05, 0) is 36.1 Å². The topological polar surface area (TPSA) is 34.1 Å². The summed E-state index contributed by atoms with van der Waals surface area (Å²) in [7, 11) is -3.53. The van der Waals surface area contributed by atoms with Crippen LogP contribution in [0.1, 0.15) is 26.3 Å². The molecule has 0 aliphatic carbocycles. The maximum atomic E-state index is 12.4. The summed E-state index contributed by atoms with van der Waals surface area (Å²) in [6.45, 7) is 5.63. The smallest absolute Gasteiger partial charge is 0.224 e. The molecule has 6 heteroatoms. The van der Waals surface area contributed by atoms with Crippen molar-refractivity contribution in [2.75, 3.05) is 5.75 Å². The Morgan fingerprint density at radius 1 is 1.05 bits per heavy atom. The fourth-order valence-electron chi connectivity index (χ4n) is 1.49. The van der Waals surface area contributed by atoms with Gasteiger partial charge in [-0.2, -0.15) is 13.2 Å². The van der Waals surface area contributed by atoms with E-state index in [9.17, 15) is 21.6 Å². The van der Waals surface area contributed by atoms with Crippen LogP contribution in [-0.2, 0) is 16.0 Å². The first kappa shape index (κ1) is 16.0. The first-order chi connectivity index (χ1) is 8.54. The van der Waals surface area contributed by atoms with Crippen LogP contribution in [0.25, 0.3) is 0 Å². The van der Waals surface area contributed by atoms with Gasteiger partial charge in [0.05, 0.1) is 16.2 Å². The minimum Gasteiger partial charge on any atom is -0.224 e. The Kier molecular flexibility index (Phi) is 4.66. The first-order valence-electron chi connectivity index (χ1n) is 5.94. The Labute approximate surface area is 111 Å². The Hall–Kier alpha value is -1.04. The molecule has 1 aromatic rings. The zero-order valence-corrected chi connectivity index (χ0v) is 11.8. The zero-order valence-electron chi connectivity index (χ0n) is 11.0. The molecule has 0 N–H and O–H groups in total. The molecular formula is C13H17F3O2S. The highest BCUT2D eigenvalue weighted by Gasteiger charge is 2.30. The maximum Gasteiger partial charge on any atom is 0.416 e. The van der Waals surface area contributed by atoms with E-state index in [0.717, 1.165) is 24.3 Å². The van der Waals surface area contributed by atoms with Gasteiger partial charge in [-0.25, -0.2) is 8.42 Å². The minimum absolute atomic E-state index is 0.0488.